The predicted octanol–water partition coefficient (Wildman–Crippen LogP) is 0.278. The maximum atomic E-state index is 11.7. The fourth-order valence-corrected chi connectivity index (χ4v) is 2.66. The topological polar surface area (TPSA) is 49.6 Å². The molecule has 1 atom stereocenters. The Hall–Kier alpha value is -0.610. The van der Waals surface area contributed by atoms with Crippen LogP contribution in [-0.4, -0.2) is 55.0 Å². The Morgan fingerprint density at radius 3 is 2.75 bits per heavy atom. The molecule has 0 aromatic carbocycles. The van der Waals surface area contributed by atoms with Gasteiger partial charge in [0.15, 0.2) is 0 Å². The van der Waals surface area contributed by atoms with Crippen molar-refractivity contribution in [3.05, 3.63) is 0 Å². The number of piperidine rings is 1. The number of hydrogen-bond acceptors (Lipinski definition) is 3. The summed E-state index contributed by atoms with van der Waals surface area (Å²) in [6.45, 7) is 3.41. The normalized spacial score (nSPS) is 26.8. The highest BCUT2D eigenvalue weighted by atomic mass is 16.2. The monoisotopic (exact) mass is 225 g/mol. The molecular formula is C12H23N3O. The van der Waals surface area contributed by atoms with Gasteiger partial charge in [-0.3, -0.25) is 4.79 Å². The summed E-state index contributed by atoms with van der Waals surface area (Å²) in [5, 5.41) is 0. The minimum atomic E-state index is 0.135. The second-order valence-electron chi connectivity index (χ2n) is 5.25. The van der Waals surface area contributed by atoms with E-state index in [1.165, 1.54) is 32.2 Å². The molecule has 0 aromatic heterocycles. The van der Waals surface area contributed by atoms with E-state index in [-0.39, 0.29) is 12.5 Å². The average Bonchev–Trinajstić information content (AvgIpc) is 3.09. The van der Waals surface area contributed by atoms with Crippen LogP contribution in [-0.2, 0) is 4.79 Å². The summed E-state index contributed by atoms with van der Waals surface area (Å²) in [5.74, 6) is 0.783. The van der Waals surface area contributed by atoms with E-state index < -0.39 is 0 Å². The van der Waals surface area contributed by atoms with Gasteiger partial charge in [-0.25, -0.2) is 0 Å². The third-order valence-electron chi connectivity index (χ3n) is 3.66. The van der Waals surface area contributed by atoms with E-state index in [0.29, 0.717) is 12.0 Å². The van der Waals surface area contributed by atoms with Crippen molar-refractivity contribution in [1.29, 1.82) is 0 Å². The summed E-state index contributed by atoms with van der Waals surface area (Å²) >= 11 is 0. The molecule has 0 bridgehead atoms. The van der Waals surface area contributed by atoms with Gasteiger partial charge >= 0.3 is 0 Å². The fourth-order valence-electron chi connectivity index (χ4n) is 2.66. The molecule has 2 aliphatic rings. The van der Waals surface area contributed by atoms with Crippen LogP contribution in [0.2, 0.25) is 0 Å². The molecule has 1 aliphatic heterocycles. The van der Waals surface area contributed by atoms with Gasteiger partial charge in [-0.2, -0.15) is 0 Å². The third kappa shape index (κ3) is 2.95. The molecule has 16 heavy (non-hydrogen) atoms. The average molecular weight is 225 g/mol. The minimum absolute atomic E-state index is 0.135. The SMILES string of the molecule is CN1CCCC(CN(C(=O)CN)C2CC2)C1. The van der Waals surface area contributed by atoms with Gasteiger partial charge in [0.25, 0.3) is 0 Å². The van der Waals surface area contributed by atoms with E-state index in [4.69, 9.17) is 5.73 Å². The summed E-state index contributed by atoms with van der Waals surface area (Å²) in [5.41, 5.74) is 5.47. The first-order valence-electron chi connectivity index (χ1n) is 6.38. The second kappa shape index (κ2) is 5.15. The summed E-state index contributed by atoms with van der Waals surface area (Å²) in [4.78, 5) is 16.1. The van der Waals surface area contributed by atoms with Crippen LogP contribution >= 0.6 is 0 Å². The fraction of sp³-hybridized carbons (Fsp3) is 0.917. The molecule has 92 valence electrons. The van der Waals surface area contributed by atoms with E-state index in [1.54, 1.807) is 0 Å². The Bertz CT molecular complexity index is 253. The summed E-state index contributed by atoms with van der Waals surface area (Å²) in [6.07, 6.45) is 4.87. The van der Waals surface area contributed by atoms with Crippen LogP contribution in [0.3, 0.4) is 0 Å². The highest BCUT2D eigenvalue weighted by Gasteiger charge is 2.33. The summed E-state index contributed by atoms with van der Waals surface area (Å²) in [6, 6.07) is 0.503. The zero-order chi connectivity index (χ0) is 11.5. The molecule has 1 amide bonds. The largest absolute Gasteiger partial charge is 0.338 e. The molecule has 2 N–H and O–H groups in total. The summed E-state index contributed by atoms with van der Waals surface area (Å²) < 4.78 is 0. The number of carbonyl (C=O) groups is 1. The van der Waals surface area contributed by atoms with E-state index >= 15 is 0 Å². The second-order valence-corrected chi connectivity index (χ2v) is 5.25. The molecule has 0 radical (unpaired) electrons. The number of carbonyl (C=O) groups excluding carboxylic acids is 1. The van der Waals surface area contributed by atoms with Gasteiger partial charge in [0, 0.05) is 19.1 Å². The smallest absolute Gasteiger partial charge is 0.236 e. The molecule has 4 heteroatoms. The van der Waals surface area contributed by atoms with Crippen LogP contribution in [0.5, 0.6) is 0 Å². The van der Waals surface area contributed by atoms with Crippen molar-refractivity contribution < 1.29 is 4.79 Å². The lowest BCUT2D eigenvalue weighted by molar-refractivity contribution is -0.131. The third-order valence-corrected chi connectivity index (χ3v) is 3.66. The first kappa shape index (κ1) is 11.9. The Morgan fingerprint density at radius 2 is 2.19 bits per heavy atom. The zero-order valence-corrected chi connectivity index (χ0v) is 10.2. The Morgan fingerprint density at radius 1 is 1.44 bits per heavy atom. The molecule has 1 saturated heterocycles. The molecule has 1 saturated carbocycles. The predicted molar refractivity (Wildman–Crippen MR) is 64.0 cm³/mol. The van der Waals surface area contributed by atoms with Gasteiger partial charge in [-0.1, -0.05) is 0 Å². The van der Waals surface area contributed by atoms with Crippen LogP contribution in [0.4, 0.5) is 0 Å². The highest BCUT2D eigenvalue weighted by molar-refractivity contribution is 5.78. The van der Waals surface area contributed by atoms with Crippen LogP contribution in [0.1, 0.15) is 25.7 Å². The number of nitrogens with zero attached hydrogens (tertiary/aromatic N) is 2. The molecule has 2 rings (SSSR count). The van der Waals surface area contributed by atoms with E-state index in [1.807, 2.05) is 4.90 Å². The van der Waals surface area contributed by atoms with Crippen LogP contribution in [0, 0.1) is 5.92 Å². The number of nitrogens with two attached hydrogens (primary N) is 1. The van der Waals surface area contributed by atoms with Gasteiger partial charge in [0.1, 0.15) is 0 Å². The lowest BCUT2D eigenvalue weighted by Gasteiger charge is -2.33. The van der Waals surface area contributed by atoms with Crippen LogP contribution in [0.15, 0.2) is 0 Å². The molecule has 1 unspecified atom stereocenters. The molecule has 1 heterocycles. The standard InChI is InChI=1S/C12H23N3O/c1-14-6-2-3-10(8-14)9-15(11-4-5-11)12(16)7-13/h10-11H,2-9,13H2,1H3. The molecule has 0 spiro atoms. The van der Waals surface area contributed by atoms with Gasteiger partial charge in [-0.05, 0) is 45.2 Å². The summed E-state index contributed by atoms with van der Waals surface area (Å²) in [7, 11) is 2.17. The van der Waals surface area contributed by atoms with Crippen LogP contribution < -0.4 is 5.73 Å². The quantitative estimate of drug-likeness (QED) is 0.747. The van der Waals surface area contributed by atoms with Gasteiger partial charge in [0.05, 0.1) is 6.54 Å². The van der Waals surface area contributed by atoms with Crippen molar-refractivity contribution in [2.24, 2.45) is 11.7 Å². The Balaban J connectivity index is 1.87. The highest BCUT2D eigenvalue weighted by Crippen LogP contribution is 2.29. The number of rotatable bonds is 4. The first-order chi connectivity index (χ1) is 7.70. The Labute approximate surface area is 97.8 Å². The van der Waals surface area contributed by atoms with Crippen molar-refractivity contribution in [3.63, 3.8) is 0 Å². The molecule has 2 fully saturated rings. The zero-order valence-electron chi connectivity index (χ0n) is 10.2. The van der Waals surface area contributed by atoms with Gasteiger partial charge < -0.3 is 15.5 Å². The molecule has 4 nitrogen and oxygen atoms in total. The number of hydrogen-bond donors (Lipinski definition) is 1. The molecule has 0 aromatic rings. The van der Waals surface area contributed by atoms with Crippen molar-refractivity contribution in [2.45, 2.75) is 31.7 Å². The van der Waals surface area contributed by atoms with Gasteiger partial charge in [-0.15, -0.1) is 0 Å². The van der Waals surface area contributed by atoms with Crippen molar-refractivity contribution in [1.82, 2.24) is 9.80 Å². The number of likely N-dealkylation sites (tertiary alicyclic amines) is 1. The van der Waals surface area contributed by atoms with E-state index in [2.05, 4.69) is 11.9 Å². The van der Waals surface area contributed by atoms with Crippen molar-refractivity contribution in [2.75, 3.05) is 33.2 Å². The lowest BCUT2D eigenvalue weighted by atomic mass is 9.97. The van der Waals surface area contributed by atoms with Gasteiger partial charge in [0.2, 0.25) is 5.91 Å². The minimum Gasteiger partial charge on any atom is -0.338 e. The first-order valence-corrected chi connectivity index (χ1v) is 6.38. The molecule has 1 aliphatic carbocycles. The number of amides is 1. The van der Waals surface area contributed by atoms with Crippen molar-refractivity contribution in [3.8, 4) is 0 Å². The Kier molecular flexibility index (Phi) is 3.82. The lowest BCUT2D eigenvalue weighted by Crippen LogP contribution is -2.44. The van der Waals surface area contributed by atoms with E-state index in [0.717, 1.165) is 13.1 Å². The maximum Gasteiger partial charge on any atom is 0.236 e. The molecular weight excluding hydrogens is 202 g/mol. The van der Waals surface area contributed by atoms with Crippen molar-refractivity contribution >= 4 is 5.91 Å². The van der Waals surface area contributed by atoms with Crippen LogP contribution in [0.25, 0.3) is 0 Å². The van der Waals surface area contributed by atoms with E-state index in [9.17, 15) is 4.79 Å². The maximum absolute atomic E-state index is 11.7.